The molecule has 7 nitrogen and oxygen atoms in total. The zero-order chi connectivity index (χ0) is 14.7. The van der Waals surface area contributed by atoms with Gasteiger partial charge in [-0.2, -0.15) is 0 Å². The van der Waals surface area contributed by atoms with E-state index < -0.39 is 17.9 Å². The fourth-order valence-corrected chi connectivity index (χ4v) is 3.05. The van der Waals surface area contributed by atoms with E-state index >= 15 is 0 Å². The largest absolute Gasteiger partial charge is 0.481 e. The van der Waals surface area contributed by atoms with Crippen LogP contribution < -0.4 is 0 Å². The average Bonchev–Trinajstić information content (AvgIpc) is 3.07. The smallest absolute Gasteiger partial charge is 0.311 e. The molecule has 1 aromatic heterocycles. The van der Waals surface area contributed by atoms with Gasteiger partial charge in [-0.3, -0.25) is 9.59 Å². The zero-order valence-corrected chi connectivity index (χ0v) is 12.2. The van der Waals surface area contributed by atoms with Gasteiger partial charge in [0.2, 0.25) is 0 Å². The van der Waals surface area contributed by atoms with Gasteiger partial charge in [0.15, 0.2) is 0 Å². The lowest BCUT2D eigenvalue weighted by Gasteiger charge is -2.28. The Labute approximate surface area is 120 Å². The highest BCUT2D eigenvalue weighted by atomic mass is 32.1. The van der Waals surface area contributed by atoms with Gasteiger partial charge >= 0.3 is 5.97 Å². The van der Waals surface area contributed by atoms with Crippen molar-refractivity contribution in [3.63, 3.8) is 0 Å². The minimum absolute atomic E-state index is 0.144. The van der Waals surface area contributed by atoms with Crippen LogP contribution in [-0.4, -0.2) is 57.3 Å². The summed E-state index contributed by atoms with van der Waals surface area (Å²) in [6.45, 7) is 4.56. The Bertz CT molecular complexity index is 505. The van der Waals surface area contributed by atoms with E-state index in [0.717, 1.165) is 11.5 Å². The number of ether oxygens (including phenoxy) is 1. The number of nitrogens with zero attached hydrogens (tertiary/aromatic N) is 3. The topological polar surface area (TPSA) is 92.6 Å². The van der Waals surface area contributed by atoms with Crippen LogP contribution in [0.2, 0.25) is 0 Å². The van der Waals surface area contributed by atoms with Crippen molar-refractivity contribution >= 4 is 23.4 Å². The molecule has 0 aromatic carbocycles. The Morgan fingerprint density at radius 3 is 2.80 bits per heavy atom. The van der Waals surface area contributed by atoms with Crippen molar-refractivity contribution in [3.05, 3.63) is 10.6 Å². The van der Waals surface area contributed by atoms with Crippen molar-refractivity contribution in [2.45, 2.75) is 26.3 Å². The average molecular weight is 299 g/mol. The predicted octanol–water partition coefficient (Wildman–Crippen LogP) is 0.662. The lowest BCUT2D eigenvalue weighted by atomic mass is 10.0. The van der Waals surface area contributed by atoms with E-state index in [1.807, 2.05) is 13.8 Å². The first-order chi connectivity index (χ1) is 9.60. The third-order valence-electron chi connectivity index (χ3n) is 3.45. The fourth-order valence-electron chi connectivity index (χ4n) is 2.35. The van der Waals surface area contributed by atoms with Crippen molar-refractivity contribution in [1.82, 2.24) is 14.5 Å². The van der Waals surface area contributed by atoms with E-state index in [0.29, 0.717) is 23.5 Å². The number of carboxylic acids is 1. The SMILES string of the molecule is CCc1nnsc1C(=O)N(CC)C1COCC1C(=O)O. The number of hydrogen-bond donors (Lipinski definition) is 1. The van der Waals surface area contributed by atoms with Crippen molar-refractivity contribution in [2.75, 3.05) is 19.8 Å². The van der Waals surface area contributed by atoms with Gasteiger partial charge in [-0.25, -0.2) is 0 Å². The molecule has 0 radical (unpaired) electrons. The number of aromatic nitrogens is 2. The van der Waals surface area contributed by atoms with E-state index in [1.54, 1.807) is 4.90 Å². The lowest BCUT2D eigenvalue weighted by Crippen LogP contribution is -2.46. The first-order valence-corrected chi connectivity index (χ1v) is 7.30. The van der Waals surface area contributed by atoms with Crippen molar-refractivity contribution in [1.29, 1.82) is 0 Å². The molecular weight excluding hydrogens is 282 g/mol. The zero-order valence-electron chi connectivity index (χ0n) is 11.4. The molecule has 2 heterocycles. The maximum Gasteiger partial charge on any atom is 0.311 e. The van der Waals surface area contributed by atoms with Crippen molar-refractivity contribution < 1.29 is 19.4 Å². The van der Waals surface area contributed by atoms with Gasteiger partial charge in [0.25, 0.3) is 5.91 Å². The van der Waals surface area contributed by atoms with Crippen LogP contribution in [0.3, 0.4) is 0 Å². The van der Waals surface area contributed by atoms with Gasteiger partial charge in [-0.1, -0.05) is 11.4 Å². The highest BCUT2D eigenvalue weighted by Gasteiger charge is 2.40. The summed E-state index contributed by atoms with van der Waals surface area (Å²) >= 11 is 1.05. The molecule has 2 atom stereocenters. The van der Waals surface area contributed by atoms with Crippen LogP contribution in [0.5, 0.6) is 0 Å². The first-order valence-electron chi connectivity index (χ1n) is 6.52. The van der Waals surface area contributed by atoms with Crippen molar-refractivity contribution in [3.8, 4) is 0 Å². The predicted molar refractivity (Wildman–Crippen MR) is 71.7 cm³/mol. The molecule has 8 heteroatoms. The van der Waals surface area contributed by atoms with E-state index in [4.69, 9.17) is 4.74 Å². The quantitative estimate of drug-likeness (QED) is 0.858. The summed E-state index contributed by atoms with van der Waals surface area (Å²) in [4.78, 5) is 25.9. The van der Waals surface area contributed by atoms with Gasteiger partial charge in [-0.05, 0) is 24.9 Å². The third kappa shape index (κ3) is 2.66. The second-order valence-corrected chi connectivity index (χ2v) is 5.30. The molecular formula is C12H17N3O4S. The Kier molecular flexibility index (Phi) is 4.66. The van der Waals surface area contributed by atoms with Crippen LogP contribution in [0.4, 0.5) is 0 Å². The van der Waals surface area contributed by atoms with E-state index in [2.05, 4.69) is 9.59 Å². The van der Waals surface area contributed by atoms with E-state index in [-0.39, 0.29) is 19.1 Å². The number of rotatable bonds is 5. The lowest BCUT2D eigenvalue weighted by molar-refractivity contribution is -0.142. The summed E-state index contributed by atoms with van der Waals surface area (Å²) in [7, 11) is 0. The number of carboxylic acid groups (broad SMARTS) is 1. The molecule has 1 aliphatic heterocycles. The van der Waals surface area contributed by atoms with Crippen LogP contribution in [0.25, 0.3) is 0 Å². The molecule has 1 N–H and O–H groups in total. The molecule has 1 aromatic rings. The van der Waals surface area contributed by atoms with Crippen LogP contribution in [-0.2, 0) is 16.0 Å². The summed E-state index contributed by atoms with van der Waals surface area (Å²) in [5, 5.41) is 13.1. The third-order valence-corrected chi connectivity index (χ3v) is 4.21. The maximum absolute atomic E-state index is 12.6. The molecule has 2 unspecified atom stereocenters. The number of carbonyl (C=O) groups excluding carboxylic acids is 1. The summed E-state index contributed by atoms with van der Waals surface area (Å²) in [6, 6.07) is -0.434. The fraction of sp³-hybridized carbons (Fsp3) is 0.667. The summed E-state index contributed by atoms with van der Waals surface area (Å²) in [5.41, 5.74) is 0.657. The maximum atomic E-state index is 12.6. The van der Waals surface area contributed by atoms with Gasteiger partial charge < -0.3 is 14.7 Å². The van der Waals surface area contributed by atoms with E-state index in [9.17, 15) is 14.7 Å². The Morgan fingerprint density at radius 2 is 2.20 bits per heavy atom. The molecule has 110 valence electrons. The standard InChI is InChI=1S/C12H17N3O4S/c1-3-8-10(20-14-13-8)11(16)15(4-2)9-6-19-5-7(9)12(17)18/h7,9H,3-6H2,1-2H3,(H,17,18). The van der Waals surface area contributed by atoms with Gasteiger partial charge in [-0.15, -0.1) is 5.10 Å². The highest BCUT2D eigenvalue weighted by Crippen LogP contribution is 2.23. The number of carbonyl (C=O) groups is 2. The summed E-state index contributed by atoms with van der Waals surface area (Å²) < 4.78 is 9.04. The molecule has 1 aliphatic rings. The van der Waals surface area contributed by atoms with Crippen LogP contribution >= 0.6 is 11.5 Å². The van der Waals surface area contributed by atoms with Gasteiger partial charge in [0.1, 0.15) is 10.8 Å². The summed E-state index contributed by atoms with van der Waals surface area (Å²) in [6.07, 6.45) is 0.624. The number of aliphatic carboxylic acids is 1. The van der Waals surface area contributed by atoms with Gasteiger partial charge in [0.05, 0.1) is 24.9 Å². The Hall–Kier alpha value is -1.54. The molecule has 20 heavy (non-hydrogen) atoms. The highest BCUT2D eigenvalue weighted by molar-refractivity contribution is 7.08. The molecule has 1 fully saturated rings. The summed E-state index contributed by atoms with van der Waals surface area (Å²) in [5.74, 6) is -1.82. The number of aryl methyl sites for hydroxylation is 1. The molecule has 2 rings (SSSR count). The normalized spacial score (nSPS) is 21.9. The van der Waals surface area contributed by atoms with Crippen molar-refractivity contribution in [2.24, 2.45) is 5.92 Å². The molecule has 0 aliphatic carbocycles. The van der Waals surface area contributed by atoms with Gasteiger partial charge in [0, 0.05) is 6.54 Å². The first kappa shape index (κ1) is 14.9. The molecule has 0 saturated carbocycles. The Balaban J connectivity index is 2.24. The van der Waals surface area contributed by atoms with Crippen LogP contribution in [0.1, 0.15) is 29.2 Å². The second kappa shape index (κ2) is 6.27. The molecule has 1 saturated heterocycles. The monoisotopic (exact) mass is 299 g/mol. The number of hydrogen-bond acceptors (Lipinski definition) is 6. The molecule has 0 spiro atoms. The number of likely N-dealkylation sites (N-methyl/N-ethyl adjacent to an activating group) is 1. The van der Waals surface area contributed by atoms with Crippen LogP contribution in [0.15, 0.2) is 0 Å². The van der Waals surface area contributed by atoms with Crippen LogP contribution in [0, 0.1) is 5.92 Å². The Morgan fingerprint density at radius 1 is 1.45 bits per heavy atom. The van der Waals surface area contributed by atoms with E-state index in [1.165, 1.54) is 0 Å². The molecule has 1 amide bonds. The minimum Gasteiger partial charge on any atom is -0.481 e. The molecule has 0 bridgehead atoms. The second-order valence-electron chi connectivity index (χ2n) is 4.54. The minimum atomic E-state index is -0.933. The number of amides is 1.